The molecule has 0 spiro atoms. The van der Waals surface area contributed by atoms with Crippen LogP contribution >= 0.6 is 11.8 Å². The number of hydrogen-bond acceptors (Lipinski definition) is 9. The molecule has 1 saturated heterocycles. The first-order chi connectivity index (χ1) is 17.3. The summed E-state index contributed by atoms with van der Waals surface area (Å²) >= 11 is 1.60. The molecule has 182 valence electrons. The number of aryl methyl sites for hydroxylation is 1. The number of pyridine rings is 1. The van der Waals surface area contributed by atoms with Crippen molar-refractivity contribution in [3.63, 3.8) is 0 Å². The SMILES string of the molecule is O=c1c2ccccc2nc(SCCCc2nc(-c3ccncc3)no2)n1CCCN1CCOCC1. The van der Waals surface area contributed by atoms with Crippen LogP contribution in [0.3, 0.4) is 0 Å². The summed E-state index contributed by atoms with van der Waals surface area (Å²) in [5.41, 5.74) is 1.65. The van der Waals surface area contributed by atoms with Crippen LogP contribution in [0.1, 0.15) is 18.7 Å². The van der Waals surface area contributed by atoms with Crippen LogP contribution in [0.15, 0.2) is 63.3 Å². The first-order valence-corrected chi connectivity index (χ1v) is 12.9. The van der Waals surface area contributed by atoms with Crippen LogP contribution in [0.5, 0.6) is 0 Å². The van der Waals surface area contributed by atoms with Crippen molar-refractivity contribution >= 4 is 22.7 Å². The van der Waals surface area contributed by atoms with E-state index in [1.807, 2.05) is 41.0 Å². The van der Waals surface area contributed by atoms with Gasteiger partial charge in [-0.3, -0.25) is 19.2 Å². The van der Waals surface area contributed by atoms with Gasteiger partial charge in [0.05, 0.1) is 24.1 Å². The summed E-state index contributed by atoms with van der Waals surface area (Å²) < 4.78 is 12.7. The van der Waals surface area contributed by atoms with Gasteiger partial charge in [0.25, 0.3) is 5.56 Å². The molecule has 0 amide bonds. The highest BCUT2D eigenvalue weighted by Gasteiger charge is 2.14. The second-order valence-corrected chi connectivity index (χ2v) is 9.44. The molecule has 0 radical (unpaired) electrons. The molecular formula is C25H28N6O3S. The molecule has 1 fully saturated rings. The second kappa shape index (κ2) is 11.6. The fourth-order valence-corrected chi connectivity index (χ4v) is 5.06. The van der Waals surface area contributed by atoms with Gasteiger partial charge in [0.15, 0.2) is 5.16 Å². The van der Waals surface area contributed by atoms with Gasteiger partial charge in [0, 0.05) is 56.3 Å². The molecular weight excluding hydrogens is 464 g/mol. The van der Waals surface area contributed by atoms with Gasteiger partial charge in [-0.25, -0.2) is 4.98 Å². The summed E-state index contributed by atoms with van der Waals surface area (Å²) in [7, 11) is 0. The zero-order valence-corrected chi connectivity index (χ0v) is 20.3. The minimum Gasteiger partial charge on any atom is -0.379 e. The Kier molecular flexibility index (Phi) is 7.82. The highest BCUT2D eigenvalue weighted by molar-refractivity contribution is 7.99. The largest absolute Gasteiger partial charge is 0.379 e. The summed E-state index contributed by atoms with van der Waals surface area (Å²) in [5, 5.41) is 5.49. The van der Waals surface area contributed by atoms with Crippen molar-refractivity contribution in [3.8, 4) is 11.4 Å². The average molecular weight is 493 g/mol. The first kappa shape index (κ1) is 23.7. The van der Waals surface area contributed by atoms with Crippen molar-refractivity contribution in [2.45, 2.75) is 31.0 Å². The molecule has 0 aliphatic carbocycles. The molecule has 5 rings (SSSR count). The van der Waals surface area contributed by atoms with E-state index in [1.165, 1.54) is 0 Å². The first-order valence-electron chi connectivity index (χ1n) is 11.9. The number of morpholine rings is 1. The van der Waals surface area contributed by atoms with Crippen LogP contribution in [-0.2, 0) is 17.7 Å². The smallest absolute Gasteiger partial charge is 0.262 e. The van der Waals surface area contributed by atoms with E-state index in [9.17, 15) is 4.79 Å². The van der Waals surface area contributed by atoms with Crippen molar-refractivity contribution in [2.24, 2.45) is 0 Å². The molecule has 3 aromatic heterocycles. The number of nitrogens with zero attached hydrogens (tertiary/aromatic N) is 6. The van der Waals surface area contributed by atoms with E-state index < -0.39 is 0 Å². The molecule has 1 aliphatic rings. The standard InChI is InChI=1S/C25H28N6O3S/c32-24-20-5-1-2-6-21(20)27-25(31(24)13-4-12-30-14-16-33-17-15-30)35-18-3-7-22-28-23(29-34-22)19-8-10-26-11-9-19/h1-2,5-6,8-11H,3-4,7,12-18H2. The minimum absolute atomic E-state index is 0.0268. The van der Waals surface area contributed by atoms with E-state index >= 15 is 0 Å². The lowest BCUT2D eigenvalue weighted by Crippen LogP contribution is -2.37. The van der Waals surface area contributed by atoms with Gasteiger partial charge >= 0.3 is 0 Å². The van der Waals surface area contributed by atoms with Crippen molar-refractivity contribution in [3.05, 3.63) is 65.0 Å². The van der Waals surface area contributed by atoms with E-state index in [-0.39, 0.29) is 5.56 Å². The van der Waals surface area contributed by atoms with Crippen LogP contribution in [-0.4, -0.2) is 68.2 Å². The zero-order chi connectivity index (χ0) is 23.9. The number of para-hydroxylation sites is 1. The van der Waals surface area contributed by atoms with Gasteiger partial charge in [-0.05, 0) is 37.1 Å². The van der Waals surface area contributed by atoms with Crippen LogP contribution in [0.4, 0.5) is 0 Å². The molecule has 1 aliphatic heterocycles. The maximum atomic E-state index is 13.3. The van der Waals surface area contributed by atoms with Crippen LogP contribution in [0.2, 0.25) is 0 Å². The van der Waals surface area contributed by atoms with Crippen LogP contribution in [0.25, 0.3) is 22.3 Å². The molecule has 4 aromatic rings. The summed E-state index contributed by atoms with van der Waals surface area (Å²) in [4.78, 5) is 29.0. The number of hydrogen-bond donors (Lipinski definition) is 0. The van der Waals surface area contributed by atoms with Crippen molar-refractivity contribution in [2.75, 3.05) is 38.6 Å². The highest BCUT2D eigenvalue weighted by Crippen LogP contribution is 2.21. The van der Waals surface area contributed by atoms with E-state index in [4.69, 9.17) is 14.2 Å². The van der Waals surface area contributed by atoms with Crippen molar-refractivity contribution < 1.29 is 9.26 Å². The predicted molar refractivity (Wildman–Crippen MR) is 134 cm³/mol. The Bertz CT molecular complexity index is 1300. The molecule has 0 saturated carbocycles. The number of aromatic nitrogens is 5. The van der Waals surface area contributed by atoms with E-state index in [1.54, 1.807) is 24.2 Å². The average Bonchev–Trinajstić information content (AvgIpc) is 3.38. The normalized spacial score (nSPS) is 14.5. The molecule has 4 heterocycles. The van der Waals surface area contributed by atoms with E-state index in [2.05, 4.69) is 20.0 Å². The fraction of sp³-hybridized carbons (Fsp3) is 0.400. The van der Waals surface area contributed by atoms with Gasteiger partial charge in [-0.2, -0.15) is 4.98 Å². The maximum absolute atomic E-state index is 13.3. The molecule has 0 N–H and O–H groups in total. The maximum Gasteiger partial charge on any atom is 0.262 e. The number of rotatable bonds is 10. The molecule has 1 aromatic carbocycles. The Labute approximate surface area is 207 Å². The molecule has 0 bridgehead atoms. The fourth-order valence-electron chi connectivity index (χ4n) is 4.09. The Hall–Kier alpha value is -3.08. The molecule has 10 heteroatoms. The number of benzene rings is 1. The lowest BCUT2D eigenvalue weighted by molar-refractivity contribution is 0.0368. The van der Waals surface area contributed by atoms with Gasteiger partial charge < -0.3 is 9.26 Å². The predicted octanol–water partition coefficient (Wildman–Crippen LogP) is 3.29. The lowest BCUT2D eigenvalue weighted by Gasteiger charge is -2.26. The molecule has 9 nitrogen and oxygen atoms in total. The monoisotopic (exact) mass is 492 g/mol. The van der Waals surface area contributed by atoms with Gasteiger partial charge in [0.2, 0.25) is 11.7 Å². The van der Waals surface area contributed by atoms with Crippen LogP contribution in [0, 0.1) is 0 Å². The Morgan fingerprint density at radius 1 is 0.971 bits per heavy atom. The number of ether oxygens (including phenoxy) is 1. The highest BCUT2D eigenvalue weighted by atomic mass is 32.2. The Morgan fingerprint density at radius 3 is 2.66 bits per heavy atom. The Morgan fingerprint density at radius 2 is 1.80 bits per heavy atom. The Balaban J connectivity index is 1.22. The number of fused-ring (bicyclic) bond motifs is 1. The van der Waals surface area contributed by atoms with Crippen molar-refractivity contribution in [1.82, 2.24) is 29.6 Å². The summed E-state index contributed by atoms with van der Waals surface area (Å²) in [5.74, 6) is 1.97. The van der Waals surface area contributed by atoms with Gasteiger partial charge in [0.1, 0.15) is 0 Å². The van der Waals surface area contributed by atoms with Gasteiger partial charge in [-0.15, -0.1) is 0 Å². The third kappa shape index (κ3) is 5.95. The van der Waals surface area contributed by atoms with E-state index in [0.29, 0.717) is 30.1 Å². The minimum atomic E-state index is 0.0268. The lowest BCUT2D eigenvalue weighted by atomic mass is 10.2. The third-order valence-electron chi connectivity index (χ3n) is 5.96. The third-order valence-corrected chi connectivity index (χ3v) is 7.02. The zero-order valence-electron chi connectivity index (χ0n) is 19.5. The molecule has 0 atom stereocenters. The summed E-state index contributed by atoms with van der Waals surface area (Å²) in [6, 6.07) is 11.3. The van der Waals surface area contributed by atoms with Crippen LogP contribution < -0.4 is 5.56 Å². The molecule has 35 heavy (non-hydrogen) atoms. The quantitative estimate of drug-likeness (QED) is 0.188. The second-order valence-electron chi connectivity index (χ2n) is 8.38. The molecule has 0 unspecified atom stereocenters. The number of thioether (sulfide) groups is 1. The van der Waals surface area contributed by atoms with Gasteiger partial charge in [-0.1, -0.05) is 29.1 Å². The topological polar surface area (TPSA) is 99.2 Å². The summed E-state index contributed by atoms with van der Waals surface area (Å²) in [6.07, 6.45) is 5.81. The van der Waals surface area contributed by atoms with Crippen molar-refractivity contribution in [1.29, 1.82) is 0 Å². The summed E-state index contributed by atoms with van der Waals surface area (Å²) in [6.45, 7) is 5.06. The van der Waals surface area contributed by atoms with E-state index in [0.717, 1.165) is 67.7 Å².